The van der Waals surface area contributed by atoms with E-state index in [2.05, 4.69) is 35.9 Å². The molecule has 0 N–H and O–H groups in total. The van der Waals surface area contributed by atoms with Crippen LogP contribution in [-0.2, 0) is 0 Å². The number of rotatable bonds is 0. The fraction of sp³-hybridized carbons (Fsp3) is 0.846. The third kappa shape index (κ3) is 2.24. The average Bonchev–Trinajstić information content (AvgIpc) is 2.06. The first kappa shape index (κ1) is 12.3. The standard InChI is InChI=1S/C12H19Br.CH4/c1-9-3-4-10-7-11(13)5-6-12(10,2)8-9;/h3,10-11H,4-8H2,1-2H3;1H4. The second-order valence-electron chi connectivity index (χ2n) is 5.19. The van der Waals surface area contributed by atoms with E-state index in [0.717, 1.165) is 10.7 Å². The third-order valence-corrected chi connectivity index (χ3v) is 4.82. The van der Waals surface area contributed by atoms with Crippen LogP contribution in [0.2, 0.25) is 0 Å². The highest BCUT2D eigenvalue weighted by molar-refractivity contribution is 9.09. The third-order valence-electron chi connectivity index (χ3n) is 3.99. The molecule has 0 aromatic heterocycles. The minimum Gasteiger partial charge on any atom is -0.0891 e. The summed E-state index contributed by atoms with van der Waals surface area (Å²) in [6, 6.07) is 0. The van der Waals surface area contributed by atoms with Crippen LogP contribution in [0.15, 0.2) is 11.6 Å². The molecule has 2 rings (SSSR count). The van der Waals surface area contributed by atoms with Crippen LogP contribution in [0.5, 0.6) is 0 Å². The summed E-state index contributed by atoms with van der Waals surface area (Å²) in [5.41, 5.74) is 2.25. The van der Waals surface area contributed by atoms with Crippen molar-refractivity contribution in [3.05, 3.63) is 11.6 Å². The van der Waals surface area contributed by atoms with E-state index in [0.29, 0.717) is 5.41 Å². The molecule has 0 nitrogen and oxygen atoms in total. The Balaban J connectivity index is 0.000000980. The predicted molar refractivity (Wildman–Crippen MR) is 67.9 cm³/mol. The Labute approximate surface area is 97.3 Å². The normalized spacial score (nSPS) is 42.1. The van der Waals surface area contributed by atoms with Crippen LogP contribution in [-0.4, -0.2) is 4.83 Å². The highest BCUT2D eigenvalue weighted by Gasteiger charge is 2.40. The van der Waals surface area contributed by atoms with Crippen molar-refractivity contribution in [2.75, 3.05) is 0 Å². The van der Waals surface area contributed by atoms with Crippen molar-refractivity contribution in [1.29, 1.82) is 0 Å². The van der Waals surface area contributed by atoms with Gasteiger partial charge in [-0.05, 0) is 50.4 Å². The summed E-state index contributed by atoms with van der Waals surface area (Å²) >= 11 is 3.77. The van der Waals surface area contributed by atoms with Gasteiger partial charge < -0.3 is 0 Å². The highest BCUT2D eigenvalue weighted by atomic mass is 79.9. The van der Waals surface area contributed by atoms with Gasteiger partial charge >= 0.3 is 0 Å². The molecule has 1 saturated carbocycles. The zero-order chi connectivity index (χ0) is 9.47. The van der Waals surface area contributed by atoms with Gasteiger partial charge in [-0.3, -0.25) is 0 Å². The molecule has 2 aliphatic rings. The highest BCUT2D eigenvalue weighted by Crippen LogP contribution is 2.50. The number of alkyl halides is 1. The zero-order valence-corrected chi connectivity index (χ0v) is 10.2. The Morgan fingerprint density at radius 3 is 2.93 bits per heavy atom. The van der Waals surface area contributed by atoms with Gasteiger partial charge in [-0.15, -0.1) is 0 Å². The van der Waals surface area contributed by atoms with E-state index in [1.54, 1.807) is 5.57 Å². The lowest BCUT2D eigenvalue weighted by Gasteiger charge is -2.46. The van der Waals surface area contributed by atoms with E-state index < -0.39 is 0 Å². The van der Waals surface area contributed by atoms with Gasteiger partial charge in [-0.25, -0.2) is 0 Å². The fourth-order valence-corrected chi connectivity index (χ4v) is 3.75. The van der Waals surface area contributed by atoms with E-state index in [1.165, 1.54) is 32.1 Å². The smallest absolute Gasteiger partial charge is 0.0149 e. The largest absolute Gasteiger partial charge is 0.0891 e. The van der Waals surface area contributed by atoms with Crippen LogP contribution in [0.3, 0.4) is 0 Å². The second kappa shape index (κ2) is 4.38. The summed E-state index contributed by atoms with van der Waals surface area (Å²) in [6.07, 6.45) is 9.30. The fourth-order valence-electron chi connectivity index (χ4n) is 3.07. The number of hydrogen-bond donors (Lipinski definition) is 0. The van der Waals surface area contributed by atoms with Crippen molar-refractivity contribution in [3.63, 3.8) is 0 Å². The van der Waals surface area contributed by atoms with E-state index in [1.807, 2.05) is 0 Å². The maximum atomic E-state index is 3.77. The van der Waals surface area contributed by atoms with Crippen LogP contribution in [0, 0.1) is 11.3 Å². The Morgan fingerprint density at radius 2 is 2.21 bits per heavy atom. The van der Waals surface area contributed by atoms with Gasteiger partial charge in [0.25, 0.3) is 0 Å². The average molecular weight is 259 g/mol. The molecule has 14 heavy (non-hydrogen) atoms. The lowest BCUT2D eigenvalue weighted by molar-refractivity contribution is 0.113. The van der Waals surface area contributed by atoms with E-state index in [9.17, 15) is 0 Å². The lowest BCUT2D eigenvalue weighted by Crippen LogP contribution is -2.36. The van der Waals surface area contributed by atoms with Crippen molar-refractivity contribution in [1.82, 2.24) is 0 Å². The molecule has 0 aliphatic heterocycles. The molecule has 1 fully saturated rings. The molecule has 0 bridgehead atoms. The van der Waals surface area contributed by atoms with Gasteiger partial charge in [0.15, 0.2) is 0 Å². The first-order chi connectivity index (χ1) is 6.10. The summed E-state index contributed by atoms with van der Waals surface area (Å²) in [5.74, 6) is 0.939. The molecule has 3 atom stereocenters. The number of allylic oxidation sites excluding steroid dienone is 2. The van der Waals surface area contributed by atoms with Gasteiger partial charge in [0.2, 0.25) is 0 Å². The zero-order valence-electron chi connectivity index (χ0n) is 8.65. The van der Waals surface area contributed by atoms with E-state index >= 15 is 0 Å². The van der Waals surface area contributed by atoms with Gasteiger partial charge in [0, 0.05) is 4.83 Å². The second-order valence-corrected chi connectivity index (χ2v) is 6.48. The van der Waals surface area contributed by atoms with Gasteiger partial charge in [-0.2, -0.15) is 0 Å². The van der Waals surface area contributed by atoms with Crippen LogP contribution < -0.4 is 0 Å². The van der Waals surface area contributed by atoms with Crippen molar-refractivity contribution in [2.45, 2.75) is 58.2 Å². The van der Waals surface area contributed by atoms with E-state index in [-0.39, 0.29) is 7.43 Å². The van der Waals surface area contributed by atoms with Crippen LogP contribution in [0.25, 0.3) is 0 Å². The molecule has 0 aromatic carbocycles. The Bertz CT molecular complexity index is 231. The molecule has 0 radical (unpaired) electrons. The Hall–Kier alpha value is 0.220. The van der Waals surface area contributed by atoms with Crippen molar-refractivity contribution in [2.24, 2.45) is 11.3 Å². The topological polar surface area (TPSA) is 0 Å². The predicted octanol–water partition coefficient (Wildman–Crippen LogP) is 4.93. The minimum atomic E-state index is 0. The van der Waals surface area contributed by atoms with Gasteiger partial charge in [0.1, 0.15) is 0 Å². The molecule has 82 valence electrons. The summed E-state index contributed by atoms with van der Waals surface area (Å²) in [4.78, 5) is 0.789. The Kier molecular flexibility index (Phi) is 3.85. The van der Waals surface area contributed by atoms with Crippen molar-refractivity contribution in [3.8, 4) is 0 Å². The van der Waals surface area contributed by atoms with Gasteiger partial charge in [0.05, 0.1) is 0 Å². The quantitative estimate of drug-likeness (QED) is 0.427. The molecule has 0 aromatic rings. The first-order valence-electron chi connectivity index (χ1n) is 5.40. The van der Waals surface area contributed by atoms with E-state index in [4.69, 9.17) is 0 Å². The maximum Gasteiger partial charge on any atom is 0.0149 e. The van der Waals surface area contributed by atoms with Gasteiger partial charge in [-0.1, -0.05) is 41.9 Å². The maximum absolute atomic E-state index is 3.77. The molecule has 0 heterocycles. The lowest BCUT2D eigenvalue weighted by atomic mass is 9.61. The van der Waals surface area contributed by atoms with Crippen molar-refractivity contribution < 1.29 is 0 Å². The SMILES string of the molecule is C.CC1=CCC2CC(Br)CCC2(C)C1. The first-order valence-corrected chi connectivity index (χ1v) is 6.31. The molecular formula is C13H23Br. The van der Waals surface area contributed by atoms with Crippen molar-refractivity contribution >= 4 is 15.9 Å². The number of hydrogen-bond acceptors (Lipinski definition) is 0. The summed E-state index contributed by atoms with van der Waals surface area (Å²) in [7, 11) is 0. The molecule has 3 unspecified atom stereocenters. The molecular weight excluding hydrogens is 236 g/mol. The summed E-state index contributed by atoms with van der Waals surface area (Å²) in [5, 5.41) is 0. The summed E-state index contributed by atoms with van der Waals surface area (Å²) in [6.45, 7) is 4.79. The van der Waals surface area contributed by atoms with Crippen LogP contribution in [0.4, 0.5) is 0 Å². The molecule has 2 aliphatic carbocycles. The van der Waals surface area contributed by atoms with Crippen LogP contribution in [0.1, 0.15) is 53.4 Å². The molecule has 0 amide bonds. The summed E-state index contributed by atoms with van der Waals surface area (Å²) < 4.78 is 0. The Morgan fingerprint density at radius 1 is 1.50 bits per heavy atom. The number of fused-ring (bicyclic) bond motifs is 1. The van der Waals surface area contributed by atoms with Crippen LogP contribution >= 0.6 is 15.9 Å². The monoisotopic (exact) mass is 258 g/mol. The number of halogens is 1. The molecule has 0 spiro atoms. The molecule has 1 heteroatoms. The molecule has 0 saturated heterocycles. The minimum absolute atomic E-state index is 0.